The number of ketones is 1. The molecule has 0 bridgehead atoms. The smallest absolute Gasteiger partial charge is 0.194 e. The summed E-state index contributed by atoms with van der Waals surface area (Å²) in [6.07, 6.45) is 3.35. The molecule has 0 aliphatic rings. The predicted molar refractivity (Wildman–Crippen MR) is 73.2 cm³/mol. The molecule has 92 valence electrons. The van der Waals surface area contributed by atoms with Crippen molar-refractivity contribution < 1.29 is 4.79 Å². The lowest BCUT2D eigenvalue weighted by molar-refractivity contribution is 0.103. The van der Waals surface area contributed by atoms with Crippen molar-refractivity contribution in [3.63, 3.8) is 0 Å². The molecule has 2 aromatic rings. The number of carbonyl (C=O) groups is 1. The standard InChI is InChI=1S/C15H16N2O/c1-11-7-13(10-16-9-11)15(18)12-5-4-6-14(8-12)17(2)3/h4-10H,1-3H3. The van der Waals surface area contributed by atoms with Crippen LogP contribution in [-0.4, -0.2) is 24.9 Å². The maximum absolute atomic E-state index is 12.3. The summed E-state index contributed by atoms with van der Waals surface area (Å²) in [5.74, 6) is 0.00917. The van der Waals surface area contributed by atoms with Gasteiger partial charge in [-0.05, 0) is 30.7 Å². The Hall–Kier alpha value is -2.16. The number of benzene rings is 1. The highest BCUT2D eigenvalue weighted by atomic mass is 16.1. The fourth-order valence-corrected chi connectivity index (χ4v) is 1.77. The van der Waals surface area contributed by atoms with E-state index in [-0.39, 0.29) is 5.78 Å². The van der Waals surface area contributed by atoms with E-state index in [1.165, 1.54) is 0 Å². The average molecular weight is 240 g/mol. The summed E-state index contributed by atoms with van der Waals surface area (Å²) >= 11 is 0. The Balaban J connectivity index is 2.37. The van der Waals surface area contributed by atoms with Gasteiger partial charge in [-0.15, -0.1) is 0 Å². The SMILES string of the molecule is Cc1cncc(C(=O)c2cccc(N(C)C)c2)c1. The highest BCUT2D eigenvalue weighted by Gasteiger charge is 2.10. The number of pyridine rings is 1. The predicted octanol–water partition coefficient (Wildman–Crippen LogP) is 2.69. The van der Waals surface area contributed by atoms with Crippen molar-refractivity contribution in [2.45, 2.75) is 6.92 Å². The van der Waals surface area contributed by atoms with E-state index in [0.29, 0.717) is 11.1 Å². The van der Waals surface area contributed by atoms with Crippen molar-refractivity contribution in [1.29, 1.82) is 0 Å². The molecule has 0 N–H and O–H groups in total. The Kier molecular flexibility index (Phi) is 3.42. The highest BCUT2D eigenvalue weighted by Crippen LogP contribution is 2.16. The summed E-state index contributed by atoms with van der Waals surface area (Å²) < 4.78 is 0. The van der Waals surface area contributed by atoms with E-state index in [1.54, 1.807) is 12.4 Å². The first-order valence-electron chi connectivity index (χ1n) is 5.81. The molecule has 0 radical (unpaired) electrons. The van der Waals surface area contributed by atoms with Gasteiger partial charge in [-0.25, -0.2) is 0 Å². The van der Waals surface area contributed by atoms with Crippen molar-refractivity contribution in [2.75, 3.05) is 19.0 Å². The molecule has 1 aromatic heterocycles. The van der Waals surface area contributed by atoms with Crippen molar-refractivity contribution in [3.8, 4) is 0 Å². The molecule has 0 amide bonds. The zero-order chi connectivity index (χ0) is 13.1. The Morgan fingerprint density at radius 1 is 1.11 bits per heavy atom. The molecule has 1 heterocycles. The van der Waals surface area contributed by atoms with E-state index in [9.17, 15) is 4.79 Å². The van der Waals surface area contributed by atoms with Gasteiger partial charge in [-0.1, -0.05) is 12.1 Å². The third-order valence-electron chi connectivity index (χ3n) is 2.76. The normalized spacial score (nSPS) is 10.2. The molecule has 0 aliphatic carbocycles. The van der Waals surface area contributed by atoms with Crippen LogP contribution in [0, 0.1) is 6.92 Å². The zero-order valence-electron chi connectivity index (χ0n) is 10.8. The van der Waals surface area contributed by atoms with Crippen LogP contribution in [0.3, 0.4) is 0 Å². The molecule has 0 aliphatic heterocycles. The first kappa shape index (κ1) is 12.3. The van der Waals surface area contributed by atoms with Crippen LogP contribution in [0.4, 0.5) is 5.69 Å². The molecule has 0 atom stereocenters. The Morgan fingerprint density at radius 3 is 2.56 bits per heavy atom. The maximum atomic E-state index is 12.3. The van der Waals surface area contributed by atoms with E-state index in [1.807, 2.05) is 56.3 Å². The number of hydrogen-bond acceptors (Lipinski definition) is 3. The minimum atomic E-state index is 0.00917. The van der Waals surface area contributed by atoms with E-state index < -0.39 is 0 Å². The van der Waals surface area contributed by atoms with Crippen molar-refractivity contribution in [3.05, 3.63) is 59.4 Å². The molecule has 0 saturated heterocycles. The fourth-order valence-electron chi connectivity index (χ4n) is 1.77. The van der Waals surface area contributed by atoms with E-state index in [2.05, 4.69) is 4.98 Å². The van der Waals surface area contributed by atoms with Gasteiger partial charge in [-0.3, -0.25) is 9.78 Å². The zero-order valence-corrected chi connectivity index (χ0v) is 10.8. The van der Waals surface area contributed by atoms with Crippen molar-refractivity contribution in [1.82, 2.24) is 4.98 Å². The van der Waals surface area contributed by atoms with Gasteiger partial charge in [0.15, 0.2) is 5.78 Å². The van der Waals surface area contributed by atoms with Gasteiger partial charge in [0.25, 0.3) is 0 Å². The molecule has 2 rings (SSSR count). The number of hydrogen-bond donors (Lipinski definition) is 0. The lowest BCUT2D eigenvalue weighted by Gasteiger charge is -2.13. The van der Waals surface area contributed by atoms with Crippen molar-refractivity contribution in [2.24, 2.45) is 0 Å². The lowest BCUT2D eigenvalue weighted by Crippen LogP contribution is -2.10. The highest BCUT2D eigenvalue weighted by molar-refractivity contribution is 6.09. The molecular formula is C15H16N2O. The number of carbonyl (C=O) groups excluding carboxylic acids is 1. The van der Waals surface area contributed by atoms with Crippen molar-refractivity contribution >= 4 is 11.5 Å². The molecule has 0 spiro atoms. The van der Waals surface area contributed by atoms with Gasteiger partial charge >= 0.3 is 0 Å². The number of aromatic nitrogens is 1. The molecule has 18 heavy (non-hydrogen) atoms. The minimum Gasteiger partial charge on any atom is -0.378 e. The Labute approximate surface area is 107 Å². The number of anilines is 1. The van der Waals surface area contributed by atoms with Crippen LogP contribution in [0.5, 0.6) is 0 Å². The first-order valence-corrected chi connectivity index (χ1v) is 5.81. The molecule has 0 fully saturated rings. The topological polar surface area (TPSA) is 33.2 Å². The molecule has 3 nitrogen and oxygen atoms in total. The van der Waals surface area contributed by atoms with Crippen LogP contribution in [0.15, 0.2) is 42.7 Å². The second-order valence-electron chi connectivity index (χ2n) is 4.52. The summed E-state index contributed by atoms with van der Waals surface area (Å²) in [7, 11) is 3.91. The molecule has 0 unspecified atom stereocenters. The Bertz CT molecular complexity index is 576. The van der Waals surface area contributed by atoms with Gasteiger partial charge in [0.2, 0.25) is 0 Å². The van der Waals surface area contributed by atoms with E-state index >= 15 is 0 Å². The van der Waals surface area contributed by atoms with Crippen LogP contribution < -0.4 is 4.90 Å². The quantitative estimate of drug-likeness (QED) is 0.773. The van der Waals surface area contributed by atoms with Crippen LogP contribution in [0.1, 0.15) is 21.5 Å². The molecule has 1 aromatic carbocycles. The van der Waals surface area contributed by atoms with Crippen LogP contribution in [-0.2, 0) is 0 Å². The molecule has 0 saturated carbocycles. The Morgan fingerprint density at radius 2 is 1.89 bits per heavy atom. The van der Waals surface area contributed by atoms with Crippen LogP contribution in [0.25, 0.3) is 0 Å². The van der Waals surface area contributed by atoms with E-state index in [0.717, 1.165) is 11.3 Å². The second kappa shape index (κ2) is 5.00. The summed E-state index contributed by atoms with van der Waals surface area (Å²) in [5.41, 5.74) is 3.32. The molecular weight excluding hydrogens is 224 g/mol. The monoisotopic (exact) mass is 240 g/mol. The summed E-state index contributed by atoms with van der Waals surface area (Å²) in [6.45, 7) is 1.93. The second-order valence-corrected chi connectivity index (χ2v) is 4.52. The summed E-state index contributed by atoms with van der Waals surface area (Å²) in [4.78, 5) is 18.3. The lowest BCUT2D eigenvalue weighted by atomic mass is 10.0. The van der Waals surface area contributed by atoms with Gasteiger partial charge in [0, 0.05) is 43.3 Å². The number of aryl methyl sites for hydroxylation is 1. The average Bonchev–Trinajstić information content (AvgIpc) is 2.38. The van der Waals surface area contributed by atoms with Gasteiger partial charge in [-0.2, -0.15) is 0 Å². The van der Waals surface area contributed by atoms with E-state index in [4.69, 9.17) is 0 Å². The number of nitrogens with zero attached hydrogens (tertiary/aromatic N) is 2. The summed E-state index contributed by atoms with van der Waals surface area (Å²) in [5, 5.41) is 0. The maximum Gasteiger partial charge on any atom is 0.194 e. The fraction of sp³-hybridized carbons (Fsp3) is 0.200. The van der Waals surface area contributed by atoms with Crippen LogP contribution in [0.2, 0.25) is 0 Å². The first-order chi connectivity index (χ1) is 8.58. The van der Waals surface area contributed by atoms with Gasteiger partial charge < -0.3 is 4.90 Å². The third kappa shape index (κ3) is 2.56. The van der Waals surface area contributed by atoms with Gasteiger partial charge in [0.1, 0.15) is 0 Å². The largest absolute Gasteiger partial charge is 0.378 e. The minimum absolute atomic E-state index is 0.00917. The summed E-state index contributed by atoms with van der Waals surface area (Å²) in [6, 6.07) is 9.46. The third-order valence-corrected chi connectivity index (χ3v) is 2.76. The van der Waals surface area contributed by atoms with Crippen LogP contribution >= 0.6 is 0 Å². The number of rotatable bonds is 3. The molecule has 3 heteroatoms. The van der Waals surface area contributed by atoms with Gasteiger partial charge in [0.05, 0.1) is 0 Å².